The Morgan fingerprint density at radius 1 is 0.774 bits per heavy atom. The van der Waals surface area contributed by atoms with Crippen molar-refractivity contribution in [1.29, 1.82) is 0 Å². The molecular formula is C39H66O14. The van der Waals surface area contributed by atoms with Gasteiger partial charge in [-0.15, -0.1) is 0 Å². The predicted molar refractivity (Wildman–Crippen MR) is 188 cm³/mol. The van der Waals surface area contributed by atoms with E-state index in [1.807, 2.05) is 0 Å². The number of aliphatic hydroxyl groups is 10. The van der Waals surface area contributed by atoms with Crippen LogP contribution in [-0.4, -0.2) is 150 Å². The van der Waals surface area contributed by atoms with Crippen LogP contribution in [0.1, 0.15) is 86.0 Å². The molecular weight excluding hydrogens is 692 g/mol. The van der Waals surface area contributed by atoms with Crippen LogP contribution in [0.25, 0.3) is 0 Å². The van der Waals surface area contributed by atoms with Gasteiger partial charge in [-0.2, -0.15) is 0 Å². The molecule has 0 amide bonds. The highest BCUT2D eigenvalue weighted by Gasteiger charge is 2.65. The monoisotopic (exact) mass is 758 g/mol. The Hall–Kier alpha value is -0.820. The number of rotatable bonds is 11. The lowest BCUT2D eigenvalue weighted by atomic mass is 9.46. The van der Waals surface area contributed by atoms with Gasteiger partial charge in [0.2, 0.25) is 0 Å². The molecule has 21 atom stereocenters. The highest BCUT2D eigenvalue weighted by Crippen LogP contribution is 2.68. The van der Waals surface area contributed by atoms with Crippen molar-refractivity contribution < 1.29 is 70.0 Å². The average Bonchev–Trinajstić information content (AvgIpc) is 3.42. The highest BCUT2D eigenvalue weighted by molar-refractivity contribution is 5.28. The number of aliphatic hydroxyl groups excluding tert-OH is 10. The van der Waals surface area contributed by atoms with E-state index < -0.39 is 104 Å². The van der Waals surface area contributed by atoms with Crippen LogP contribution in [0.2, 0.25) is 0 Å². The van der Waals surface area contributed by atoms with E-state index in [1.54, 1.807) is 0 Å². The lowest BCUT2D eigenvalue weighted by Gasteiger charge is -2.60. The maximum absolute atomic E-state index is 11.6. The van der Waals surface area contributed by atoms with E-state index in [2.05, 4.69) is 40.7 Å². The molecule has 0 unspecified atom stereocenters. The van der Waals surface area contributed by atoms with Gasteiger partial charge in [0, 0.05) is 11.8 Å². The SMILES string of the molecule is CC(C)CC[C@H](O)[C@@H](C)[C@H]1[C@@H](O[C@H]2O[C@H](CO)[C@H](O)[C@@H](O)[C@H]2O)C[C@@H]2[C@@H]3CC=C4C[C@@H](O)C[C@@H](O[C@H]5O[C@H](CO)[C@@H](O)[C@@H](O)[C@H]5O)[C@]4(C)[C@H]3CC[C@]12C. The quantitative estimate of drug-likeness (QED) is 0.124. The van der Waals surface area contributed by atoms with E-state index in [0.717, 1.165) is 31.3 Å². The van der Waals surface area contributed by atoms with E-state index >= 15 is 0 Å². The summed E-state index contributed by atoms with van der Waals surface area (Å²) < 4.78 is 24.8. The Balaban J connectivity index is 1.31. The van der Waals surface area contributed by atoms with Crippen molar-refractivity contribution in [2.24, 2.45) is 46.3 Å². The standard InChI is InChI=1S/C39H66O14/c1-17(2)6-9-24(43)18(3)29-25(50-36-34(48)32(46)30(44)26(15-40)51-36)14-23-21-8-7-19-12-20(42)13-28(39(19,5)22(21)10-11-38(23,29)4)53-37-35(49)33(47)31(45)27(16-41)52-37/h7,17-18,20-37,40-49H,6,8-16H2,1-5H3/t18-,20-,21-,22+,23-,24+,25+,26-,27-,28-,29+,30+,31-,32-,33-,34-,35-,36+,37-,38+,39+/m1/s1. The summed E-state index contributed by atoms with van der Waals surface area (Å²) in [5.74, 6) is 0.371. The van der Waals surface area contributed by atoms with Gasteiger partial charge in [0.15, 0.2) is 12.6 Å². The van der Waals surface area contributed by atoms with Crippen LogP contribution in [0.4, 0.5) is 0 Å². The number of fused-ring (bicyclic) bond motifs is 5. The van der Waals surface area contributed by atoms with E-state index in [1.165, 1.54) is 0 Å². The zero-order valence-corrected chi connectivity index (χ0v) is 31.8. The first kappa shape index (κ1) is 41.8. The molecule has 2 aliphatic heterocycles. The topological polar surface area (TPSA) is 239 Å². The second-order valence-electron chi connectivity index (χ2n) is 18.1. The summed E-state index contributed by atoms with van der Waals surface area (Å²) >= 11 is 0. The molecule has 0 radical (unpaired) electrons. The maximum Gasteiger partial charge on any atom is 0.187 e. The van der Waals surface area contributed by atoms with Gasteiger partial charge in [-0.3, -0.25) is 0 Å². The molecule has 53 heavy (non-hydrogen) atoms. The predicted octanol–water partition coefficient (Wildman–Crippen LogP) is -0.0505. The minimum atomic E-state index is -1.59. The van der Waals surface area contributed by atoms with Crippen LogP contribution >= 0.6 is 0 Å². The highest BCUT2D eigenvalue weighted by atomic mass is 16.7. The van der Waals surface area contributed by atoms with Gasteiger partial charge in [0.05, 0.1) is 37.6 Å². The summed E-state index contributed by atoms with van der Waals surface area (Å²) in [6, 6.07) is 0. The molecule has 0 aromatic heterocycles. The van der Waals surface area contributed by atoms with Crippen molar-refractivity contribution in [3.8, 4) is 0 Å². The molecule has 0 aromatic carbocycles. The minimum absolute atomic E-state index is 0.0794. The average molecular weight is 759 g/mol. The van der Waals surface area contributed by atoms with Gasteiger partial charge in [-0.25, -0.2) is 0 Å². The molecule has 5 fully saturated rings. The molecule has 0 aromatic rings. The molecule has 0 spiro atoms. The summed E-state index contributed by atoms with van der Waals surface area (Å²) in [6.45, 7) is 9.58. The third-order valence-electron chi connectivity index (χ3n) is 14.7. The molecule has 4 aliphatic carbocycles. The van der Waals surface area contributed by atoms with Crippen LogP contribution < -0.4 is 0 Å². The fourth-order valence-electron chi connectivity index (χ4n) is 11.7. The molecule has 306 valence electrons. The molecule has 6 aliphatic rings. The molecule has 14 heteroatoms. The van der Waals surface area contributed by atoms with Crippen LogP contribution in [0.15, 0.2) is 11.6 Å². The van der Waals surface area contributed by atoms with Crippen LogP contribution in [0.3, 0.4) is 0 Å². The maximum atomic E-state index is 11.6. The summed E-state index contributed by atoms with van der Waals surface area (Å²) in [4.78, 5) is 0. The van der Waals surface area contributed by atoms with Gasteiger partial charge in [-0.05, 0) is 85.9 Å². The lowest BCUT2D eigenvalue weighted by Crippen LogP contribution is -2.62. The minimum Gasteiger partial charge on any atom is -0.394 e. The molecule has 2 heterocycles. The van der Waals surface area contributed by atoms with Crippen molar-refractivity contribution in [1.82, 2.24) is 0 Å². The van der Waals surface area contributed by atoms with E-state index in [4.69, 9.17) is 18.9 Å². The number of ether oxygens (including phenoxy) is 4. The van der Waals surface area contributed by atoms with Gasteiger partial charge in [0.25, 0.3) is 0 Å². The molecule has 0 bridgehead atoms. The Kier molecular flexibility index (Phi) is 12.8. The smallest absolute Gasteiger partial charge is 0.187 e. The zero-order chi connectivity index (χ0) is 38.7. The second-order valence-corrected chi connectivity index (χ2v) is 18.1. The molecule has 2 saturated heterocycles. The molecule has 10 N–H and O–H groups in total. The third-order valence-corrected chi connectivity index (χ3v) is 14.7. The zero-order valence-electron chi connectivity index (χ0n) is 31.8. The summed E-state index contributed by atoms with van der Waals surface area (Å²) in [5, 5.41) is 106. The van der Waals surface area contributed by atoms with Crippen molar-refractivity contribution in [2.45, 2.75) is 172 Å². The second kappa shape index (κ2) is 16.2. The largest absolute Gasteiger partial charge is 0.394 e. The Bertz CT molecular complexity index is 1260. The van der Waals surface area contributed by atoms with Crippen LogP contribution in [0.5, 0.6) is 0 Å². The van der Waals surface area contributed by atoms with Gasteiger partial charge >= 0.3 is 0 Å². The number of allylic oxidation sites excluding steroid dienone is 1. The van der Waals surface area contributed by atoms with Crippen molar-refractivity contribution in [2.75, 3.05) is 13.2 Å². The fourth-order valence-corrected chi connectivity index (χ4v) is 11.7. The normalized spacial score (nSPS) is 51.2. The number of hydrogen-bond acceptors (Lipinski definition) is 14. The van der Waals surface area contributed by atoms with E-state index in [0.29, 0.717) is 25.2 Å². The van der Waals surface area contributed by atoms with Crippen molar-refractivity contribution in [3.05, 3.63) is 11.6 Å². The first-order valence-corrected chi connectivity index (χ1v) is 19.9. The fraction of sp³-hybridized carbons (Fsp3) is 0.949. The molecule has 14 nitrogen and oxygen atoms in total. The first-order chi connectivity index (χ1) is 25.0. The van der Waals surface area contributed by atoms with Crippen molar-refractivity contribution in [3.63, 3.8) is 0 Å². The Labute approximate surface area is 312 Å². The van der Waals surface area contributed by atoms with Crippen molar-refractivity contribution >= 4 is 0 Å². The van der Waals surface area contributed by atoms with E-state index in [9.17, 15) is 51.1 Å². The Morgan fingerprint density at radius 3 is 1.92 bits per heavy atom. The first-order valence-electron chi connectivity index (χ1n) is 19.9. The summed E-state index contributed by atoms with van der Waals surface area (Å²) in [6.07, 6.45) is -9.27. The molecule has 3 saturated carbocycles. The van der Waals surface area contributed by atoms with Gasteiger partial charge in [0.1, 0.15) is 48.8 Å². The lowest BCUT2D eigenvalue weighted by molar-refractivity contribution is -0.324. The molecule has 6 rings (SSSR count). The van der Waals surface area contributed by atoms with Gasteiger partial charge in [-0.1, -0.05) is 46.3 Å². The van der Waals surface area contributed by atoms with Gasteiger partial charge < -0.3 is 70.0 Å². The number of hydrogen-bond donors (Lipinski definition) is 10. The summed E-state index contributed by atoms with van der Waals surface area (Å²) in [7, 11) is 0. The summed E-state index contributed by atoms with van der Waals surface area (Å²) in [5.41, 5.74) is 0.176. The third kappa shape index (κ3) is 7.42. The van der Waals surface area contributed by atoms with Crippen LogP contribution in [-0.2, 0) is 18.9 Å². The Morgan fingerprint density at radius 2 is 1.36 bits per heavy atom. The van der Waals surface area contributed by atoms with Crippen LogP contribution in [0, 0.1) is 46.3 Å². The van der Waals surface area contributed by atoms with E-state index in [-0.39, 0.29) is 41.4 Å².